The second kappa shape index (κ2) is 6.00. The van der Waals surface area contributed by atoms with Gasteiger partial charge < -0.3 is 19.9 Å². The number of para-hydroxylation sites is 2. The van der Waals surface area contributed by atoms with Gasteiger partial charge in [0.05, 0.1) is 13.7 Å². The summed E-state index contributed by atoms with van der Waals surface area (Å²) in [6.07, 6.45) is 0. The average molecular weight is 259 g/mol. The first-order chi connectivity index (χ1) is 9.22. The van der Waals surface area contributed by atoms with Gasteiger partial charge in [-0.15, -0.1) is 0 Å². The number of ether oxygens (including phenoxy) is 3. The molecule has 0 amide bonds. The molecule has 2 N–H and O–H groups in total. The molecule has 0 saturated heterocycles. The predicted octanol–water partition coefficient (Wildman–Crippen LogP) is 3.47. The van der Waals surface area contributed by atoms with Crippen LogP contribution in [0.5, 0.6) is 23.0 Å². The van der Waals surface area contributed by atoms with Crippen LogP contribution in [0.3, 0.4) is 0 Å². The molecule has 0 atom stereocenters. The molecule has 0 aliphatic rings. The van der Waals surface area contributed by atoms with Gasteiger partial charge in [-0.25, -0.2) is 0 Å². The van der Waals surface area contributed by atoms with E-state index in [9.17, 15) is 0 Å². The van der Waals surface area contributed by atoms with Crippen molar-refractivity contribution in [3.8, 4) is 23.0 Å². The van der Waals surface area contributed by atoms with Gasteiger partial charge in [0, 0.05) is 23.9 Å². The zero-order valence-corrected chi connectivity index (χ0v) is 11.1. The van der Waals surface area contributed by atoms with Crippen molar-refractivity contribution in [2.75, 3.05) is 19.5 Å². The van der Waals surface area contributed by atoms with Crippen LogP contribution in [0.1, 0.15) is 6.92 Å². The van der Waals surface area contributed by atoms with E-state index < -0.39 is 0 Å². The Kier molecular flexibility index (Phi) is 4.13. The molecule has 0 bridgehead atoms. The number of hydrogen-bond donors (Lipinski definition) is 1. The lowest BCUT2D eigenvalue weighted by Crippen LogP contribution is -1.95. The van der Waals surface area contributed by atoms with Crippen LogP contribution in [0.4, 0.5) is 5.69 Å². The van der Waals surface area contributed by atoms with Crippen molar-refractivity contribution in [1.82, 2.24) is 0 Å². The highest BCUT2D eigenvalue weighted by Gasteiger charge is 2.06. The van der Waals surface area contributed by atoms with Crippen LogP contribution < -0.4 is 19.9 Å². The summed E-state index contributed by atoms with van der Waals surface area (Å²) in [7, 11) is 1.59. The molecule has 0 fully saturated rings. The van der Waals surface area contributed by atoms with E-state index in [4.69, 9.17) is 19.9 Å². The van der Waals surface area contributed by atoms with Crippen molar-refractivity contribution in [3.05, 3.63) is 42.5 Å². The SMILES string of the molecule is CCOc1ccccc1Oc1cc(N)cc(OC)c1. The van der Waals surface area contributed by atoms with Gasteiger partial charge in [0.15, 0.2) is 11.5 Å². The number of benzene rings is 2. The van der Waals surface area contributed by atoms with E-state index in [1.54, 1.807) is 25.3 Å². The van der Waals surface area contributed by atoms with Crippen LogP contribution in [0.2, 0.25) is 0 Å². The van der Waals surface area contributed by atoms with Crippen LogP contribution in [0.15, 0.2) is 42.5 Å². The number of hydrogen-bond acceptors (Lipinski definition) is 4. The molecule has 19 heavy (non-hydrogen) atoms. The second-order valence-corrected chi connectivity index (χ2v) is 3.92. The molecule has 0 aromatic heterocycles. The van der Waals surface area contributed by atoms with Gasteiger partial charge in [0.1, 0.15) is 11.5 Å². The lowest BCUT2D eigenvalue weighted by atomic mass is 10.2. The van der Waals surface area contributed by atoms with Gasteiger partial charge in [-0.2, -0.15) is 0 Å². The topological polar surface area (TPSA) is 53.7 Å². The number of methoxy groups -OCH3 is 1. The summed E-state index contributed by atoms with van der Waals surface area (Å²) in [5, 5.41) is 0. The summed E-state index contributed by atoms with van der Waals surface area (Å²) in [5.41, 5.74) is 6.38. The standard InChI is InChI=1S/C15H17NO3/c1-3-18-14-6-4-5-7-15(14)19-13-9-11(16)8-12(10-13)17-2/h4-10H,3,16H2,1-2H3. The lowest BCUT2D eigenvalue weighted by molar-refractivity contribution is 0.321. The Hall–Kier alpha value is -2.36. The average Bonchev–Trinajstić information content (AvgIpc) is 2.40. The predicted molar refractivity (Wildman–Crippen MR) is 75.1 cm³/mol. The molecule has 4 heteroatoms. The Morgan fingerprint density at radius 3 is 2.37 bits per heavy atom. The Labute approximate surface area is 112 Å². The third kappa shape index (κ3) is 3.31. The quantitative estimate of drug-likeness (QED) is 0.835. The summed E-state index contributed by atoms with van der Waals surface area (Å²) in [6, 6.07) is 12.8. The van der Waals surface area contributed by atoms with Crippen LogP contribution in [0.25, 0.3) is 0 Å². The summed E-state index contributed by atoms with van der Waals surface area (Å²) >= 11 is 0. The number of rotatable bonds is 5. The van der Waals surface area contributed by atoms with E-state index in [1.165, 1.54) is 0 Å². The third-order valence-corrected chi connectivity index (χ3v) is 2.51. The van der Waals surface area contributed by atoms with Crippen molar-refractivity contribution < 1.29 is 14.2 Å². The number of nitrogen functional groups attached to an aromatic ring is 1. The van der Waals surface area contributed by atoms with Gasteiger partial charge in [-0.05, 0) is 19.1 Å². The highest BCUT2D eigenvalue weighted by Crippen LogP contribution is 2.33. The Bertz CT molecular complexity index is 555. The van der Waals surface area contributed by atoms with Gasteiger partial charge in [-0.1, -0.05) is 12.1 Å². The normalized spacial score (nSPS) is 10.0. The first-order valence-electron chi connectivity index (χ1n) is 6.07. The molecule has 2 aromatic carbocycles. The molecule has 100 valence electrons. The Morgan fingerprint density at radius 1 is 1.00 bits per heavy atom. The fraction of sp³-hybridized carbons (Fsp3) is 0.200. The van der Waals surface area contributed by atoms with Gasteiger partial charge in [-0.3, -0.25) is 0 Å². The summed E-state index contributed by atoms with van der Waals surface area (Å²) in [4.78, 5) is 0. The minimum atomic E-state index is 0.584. The van der Waals surface area contributed by atoms with Crippen LogP contribution in [-0.2, 0) is 0 Å². The van der Waals surface area contributed by atoms with E-state index in [-0.39, 0.29) is 0 Å². The maximum Gasteiger partial charge on any atom is 0.169 e. The molecule has 0 aliphatic carbocycles. The van der Waals surface area contributed by atoms with Crippen molar-refractivity contribution in [1.29, 1.82) is 0 Å². The van der Waals surface area contributed by atoms with Crippen LogP contribution >= 0.6 is 0 Å². The zero-order chi connectivity index (χ0) is 13.7. The second-order valence-electron chi connectivity index (χ2n) is 3.92. The first kappa shape index (κ1) is 13.1. The van der Waals surface area contributed by atoms with Crippen LogP contribution in [0, 0.1) is 0 Å². The molecule has 0 radical (unpaired) electrons. The highest BCUT2D eigenvalue weighted by atomic mass is 16.5. The minimum absolute atomic E-state index is 0.584. The summed E-state index contributed by atoms with van der Waals surface area (Å²) in [6.45, 7) is 2.51. The van der Waals surface area contributed by atoms with E-state index in [0.29, 0.717) is 35.3 Å². The molecule has 2 rings (SSSR count). The molecule has 0 saturated carbocycles. The van der Waals surface area contributed by atoms with Crippen molar-refractivity contribution in [2.45, 2.75) is 6.92 Å². The zero-order valence-electron chi connectivity index (χ0n) is 11.1. The monoisotopic (exact) mass is 259 g/mol. The fourth-order valence-corrected chi connectivity index (χ4v) is 1.71. The van der Waals surface area contributed by atoms with E-state index in [2.05, 4.69) is 0 Å². The van der Waals surface area contributed by atoms with Crippen molar-refractivity contribution in [2.24, 2.45) is 0 Å². The molecule has 2 aromatic rings. The van der Waals surface area contributed by atoms with Crippen molar-refractivity contribution >= 4 is 5.69 Å². The molecule has 0 aliphatic heterocycles. The number of anilines is 1. The minimum Gasteiger partial charge on any atom is -0.497 e. The van der Waals surface area contributed by atoms with Gasteiger partial charge in [0.25, 0.3) is 0 Å². The third-order valence-electron chi connectivity index (χ3n) is 2.51. The molecular formula is C15H17NO3. The Morgan fingerprint density at radius 2 is 1.68 bits per heavy atom. The van der Waals surface area contributed by atoms with E-state index in [1.807, 2.05) is 31.2 Å². The smallest absolute Gasteiger partial charge is 0.169 e. The molecule has 0 spiro atoms. The van der Waals surface area contributed by atoms with Crippen molar-refractivity contribution in [3.63, 3.8) is 0 Å². The van der Waals surface area contributed by atoms with E-state index in [0.717, 1.165) is 0 Å². The van der Waals surface area contributed by atoms with Crippen LogP contribution in [-0.4, -0.2) is 13.7 Å². The first-order valence-corrected chi connectivity index (χ1v) is 6.07. The Balaban J connectivity index is 2.28. The van der Waals surface area contributed by atoms with Gasteiger partial charge in [0.2, 0.25) is 0 Å². The maximum absolute atomic E-state index is 5.80. The maximum atomic E-state index is 5.80. The largest absolute Gasteiger partial charge is 0.497 e. The van der Waals surface area contributed by atoms with Gasteiger partial charge >= 0.3 is 0 Å². The lowest BCUT2D eigenvalue weighted by Gasteiger charge is -2.12. The molecule has 0 unspecified atom stereocenters. The highest BCUT2D eigenvalue weighted by molar-refractivity contribution is 5.52. The molecule has 0 heterocycles. The number of nitrogens with two attached hydrogens (primary N) is 1. The summed E-state index contributed by atoms with van der Waals surface area (Å²) < 4.78 is 16.5. The molecular weight excluding hydrogens is 242 g/mol. The molecule has 4 nitrogen and oxygen atoms in total. The van der Waals surface area contributed by atoms with E-state index >= 15 is 0 Å². The summed E-state index contributed by atoms with van der Waals surface area (Å²) in [5.74, 6) is 2.62. The fourth-order valence-electron chi connectivity index (χ4n) is 1.71.